The minimum Gasteiger partial charge on any atom is -0.346 e. The third-order valence-electron chi connectivity index (χ3n) is 3.85. The van der Waals surface area contributed by atoms with Gasteiger partial charge in [0.2, 0.25) is 0 Å². The second kappa shape index (κ2) is 4.51. The normalized spacial score (nSPS) is 42.2. The van der Waals surface area contributed by atoms with Gasteiger partial charge in [-0.2, -0.15) is 0 Å². The molecule has 3 saturated heterocycles. The van der Waals surface area contributed by atoms with Crippen LogP contribution >= 0.6 is 0 Å². The minimum atomic E-state index is -0.621. The number of rotatable bonds is 1. The van der Waals surface area contributed by atoms with Crippen molar-refractivity contribution in [2.75, 3.05) is 6.61 Å². The van der Waals surface area contributed by atoms with Gasteiger partial charge in [0.05, 0.1) is 6.61 Å². The van der Waals surface area contributed by atoms with E-state index >= 15 is 0 Å². The summed E-state index contributed by atoms with van der Waals surface area (Å²) < 4.78 is 29.2. The lowest BCUT2D eigenvalue weighted by Crippen LogP contribution is -2.44. The molecule has 4 rings (SSSR count). The van der Waals surface area contributed by atoms with Crippen molar-refractivity contribution in [2.24, 2.45) is 0 Å². The molecule has 1 aromatic carbocycles. The maximum absolute atomic E-state index is 6.05. The van der Waals surface area contributed by atoms with Crippen LogP contribution in [0.2, 0.25) is 0 Å². The quantitative estimate of drug-likeness (QED) is 0.786. The minimum absolute atomic E-state index is 0.124. The van der Waals surface area contributed by atoms with Gasteiger partial charge in [0.15, 0.2) is 18.4 Å². The van der Waals surface area contributed by atoms with Crippen LogP contribution < -0.4 is 0 Å². The molecule has 5 atom stereocenters. The zero-order chi connectivity index (χ0) is 13.7. The lowest BCUT2D eigenvalue weighted by Gasteiger charge is -2.34. The van der Waals surface area contributed by atoms with Crippen LogP contribution in [0.25, 0.3) is 0 Å². The molecule has 0 bridgehead atoms. The summed E-state index contributed by atoms with van der Waals surface area (Å²) in [6.45, 7) is 4.26. The van der Waals surface area contributed by atoms with Crippen molar-refractivity contribution in [3.63, 3.8) is 0 Å². The summed E-state index contributed by atoms with van der Waals surface area (Å²) >= 11 is 0. The zero-order valence-corrected chi connectivity index (χ0v) is 11.5. The van der Waals surface area contributed by atoms with Crippen molar-refractivity contribution in [3.8, 4) is 0 Å². The smallest absolute Gasteiger partial charge is 0.190 e. The second-order valence-electron chi connectivity index (χ2n) is 5.82. The summed E-state index contributed by atoms with van der Waals surface area (Å²) in [5, 5.41) is 0. The van der Waals surface area contributed by atoms with E-state index in [9.17, 15) is 0 Å². The molecule has 1 unspecified atom stereocenters. The monoisotopic (exact) mass is 278 g/mol. The lowest BCUT2D eigenvalue weighted by atomic mass is 10.1. The number of hydrogen-bond acceptors (Lipinski definition) is 5. The molecule has 3 fully saturated rings. The molecule has 0 spiro atoms. The average Bonchev–Trinajstić information content (AvgIpc) is 2.91. The van der Waals surface area contributed by atoms with E-state index < -0.39 is 5.79 Å². The zero-order valence-electron chi connectivity index (χ0n) is 11.5. The fourth-order valence-corrected chi connectivity index (χ4v) is 2.99. The molecule has 3 aliphatic rings. The van der Waals surface area contributed by atoms with E-state index in [4.69, 9.17) is 23.7 Å². The molecule has 5 heteroatoms. The van der Waals surface area contributed by atoms with Gasteiger partial charge in [-0.3, -0.25) is 0 Å². The first-order chi connectivity index (χ1) is 9.62. The van der Waals surface area contributed by atoms with Gasteiger partial charge in [-0.05, 0) is 13.8 Å². The first kappa shape index (κ1) is 12.7. The van der Waals surface area contributed by atoms with Crippen molar-refractivity contribution < 1.29 is 23.7 Å². The van der Waals surface area contributed by atoms with E-state index in [1.54, 1.807) is 0 Å². The van der Waals surface area contributed by atoms with E-state index in [1.807, 2.05) is 44.2 Å². The van der Waals surface area contributed by atoms with Crippen LogP contribution in [0, 0.1) is 0 Å². The molecular formula is C15H18O5. The Labute approximate surface area is 117 Å². The first-order valence-corrected chi connectivity index (χ1v) is 6.95. The van der Waals surface area contributed by atoms with Crippen LogP contribution in [0.1, 0.15) is 25.7 Å². The highest BCUT2D eigenvalue weighted by molar-refractivity contribution is 5.16. The molecule has 0 radical (unpaired) electrons. The third-order valence-corrected chi connectivity index (χ3v) is 3.85. The fourth-order valence-electron chi connectivity index (χ4n) is 2.99. The molecule has 1 aromatic rings. The predicted molar refractivity (Wildman–Crippen MR) is 68.7 cm³/mol. The Balaban J connectivity index is 1.53. The Morgan fingerprint density at radius 2 is 1.80 bits per heavy atom. The molecule has 3 heterocycles. The van der Waals surface area contributed by atoms with Crippen molar-refractivity contribution in [2.45, 2.75) is 50.5 Å². The second-order valence-corrected chi connectivity index (χ2v) is 5.82. The van der Waals surface area contributed by atoms with Crippen LogP contribution in [0.4, 0.5) is 0 Å². The first-order valence-electron chi connectivity index (χ1n) is 6.95. The Morgan fingerprint density at radius 1 is 1.00 bits per heavy atom. The van der Waals surface area contributed by atoms with Gasteiger partial charge in [-0.15, -0.1) is 0 Å². The molecular weight excluding hydrogens is 260 g/mol. The Hall–Kier alpha value is -0.980. The number of benzene rings is 1. The summed E-state index contributed by atoms with van der Waals surface area (Å²) in [4.78, 5) is 0. The van der Waals surface area contributed by atoms with E-state index in [0.29, 0.717) is 6.61 Å². The van der Waals surface area contributed by atoms with Crippen LogP contribution in [0.3, 0.4) is 0 Å². The standard InChI is InChI=1S/C15H18O5/c1-15(2)19-12-11-10(17-14(12)20-15)8-16-13(18-11)9-6-4-3-5-7-9/h3-7,10-14H,8H2,1-2H3/t10-,11+,12-,13?,14-/m1/s1. The van der Waals surface area contributed by atoms with Crippen molar-refractivity contribution in [1.29, 1.82) is 0 Å². The summed E-state index contributed by atoms with van der Waals surface area (Å²) in [5.74, 6) is -0.621. The van der Waals surface area contributed by atoms with E-state index in [1.165, 1.54) is 0 Å². The van der Waals surface area contributed by atoms with Gasteiger partial charge in [-0.1, -0.05) is 30.3 Å². The number of hydrogen-bond donors (Lipinski definition) is 0. The van der Waals surface area contributed by atoms with Crippen molar-refractivity contribution in [3.05, 3.63) is 35.9 Å². The maximum Gasteiger partial charge on any atom is 0.190 e. The molecule has 0 saturated carbocycles. The van der Waals surface area contributed by atoms with Gasteiger partial charge in [-0.25, -0.2) is 0 Å². The summed E-state index contributed by atoms with van der Waals surface area (Å²) in [6.07, 6.45) is -1.20. The molecule has 0 aromatic heterocycles. The van der Waals surface area contributed by atoms with E-state index in [0.717, 1.165) is 5.56 Å². The van der Waals surface area contributed by atoms with E-state index in [-0.39, 0.29) is 30.9 Å². The molecule has 0 N–H and O–H groups in total. The maximum atomic E-state index is 6.05. The summed E-state index contributed by atoms with van der Waals surface area (Å²) in [5.41, 5.74) is 1.01. The number of fused-ring (bicyclic) bond motifs is 3. The molecule has 0 amide bonds. The molecule has 108 valence electrons. The van der Waals surface area contributed by atoms with Crippen molar-refractivity contribution in [1.82, 2.24) is 0 Å². The highest BCUT2D eigenvalue weighted by Crippen LogP contribution is 2.42. The lowest BCUT2D eigenvalue weighted by molar-refractivity contribution is -0.285. The van der Waals surface area contributed by atoms with Gasteiger partial charge in [0.25, 0.3) is 0 Å². The molecule has 0 aliphatic carbocycles. The molecule has 20 heavy (non-hydrogen) atoms. The summed E-state index contributed by atoms with van der Waals surface area (Å²) in [7, 11) is 0. The molecule has 5 nitrogen and oxygen atoms in total. The number of ether oxygens (including phenoxy) is 5. The van der Waals surface area contributed by atoms with Crippen LogP contribution in [-0.2, 0) is 23.7 Å². The predicted octanol–water partition coefficient (Wildman–Crippen LogP) is 1.98. The Morgan fingerprint density at radius 3 is 2.60 bits per heavy atom. The highest BCUT2D eigenvalue weighted by atomic mass is 16.9. The average molecular weight is 278 g/mol. The largest absolute Gasteiger partial charge is 0.346 e. The van der Waals surface area contributed by atoms with Crippen LogP contribution in [0.15, 0.2) is 30.3 Å². The third kappa shape index (κ3) is 2.06. The SMILES string of the molecule is CC1(C)O[C@H]2O[C@@H]3COC(c4ccccc4)O[C@@H]3[C@H]2O1. The van der Waals surface area contributed by atoms with E-state index in [2.05, 4.69) is 0 Å². The van der Waals surface area contributed by atoms with Crippen molar-refractivity contribution >= 4 is 0 Å². The molecule has 3 aliphatic heterocycles. The van der Waals surface area contributed by atoms with Gasteiger partial charge in [0.1, 0.15) is 18.3 Å². The fraction of sp³-hybridized carbons (Fsp3) is 0.600. The van der Waals surface area contributed by atoms with Gasteiger partial charge >= 0.3 is 0 Å². The van der Waals surface area contributed by atoms with Gasteiger partial charge in [0, 0.05) is 5.56 Å². The summed E-state index contributed by atoms with van der Waals surface area (Å²) in [6, 6.07) is 9.91. The van der Waals surface area contributed by atoms with Crippen LogP contribution in [-0.4, -0.2) is 37.0 Å². The van der Waals surface area contributed by atoms with Gasteiger partial charge < -0.3 is 23.7 Å². The van der Waals surface area contributed by atoms with Crippen LogP contribution in [0.5, 0.6) is 0 Å². The topological polar surface area (TPSA) is 46.2 Å². The highest BCUT2D eigenvalue weighted by Gasteiger charge is 2.57. The Bertz CT molecular complexity index is 488. The Kier molecular flexibility index (Phi) is 2.87.